The minimum atomic E-state index is -1.10. The maximum Gasteiger partial charge on any atom is 0.326 e. The molecule has 0 saturated carbocycles. The van der Waals surface area contributed by atoms with Gasteiger partial charge in [0.2, 0.25) is 5.91 Å². The summed E-state index contributed by atoms with van der Waals surface area (Å²) in [6, 6.07) is -1.61. The van der Waals surface area contributed by atoms with Crippen molar-refractivity contribution in [1.29, 1.82) is 0 Å². The number of hydrogen-bond donors (Lipinski definition) is 4. The van der Waals surface area contributed by atoms with Crippen LogP contribution in [0.5, 0.6) is 0 Å². The van der Waals surface area contributed by atoms with Crippen molar-refractivity contribution in [2.45, 2.75) is 39.3 Å². The molecule has 0 saturated heterocycles. The Balaban J connectivity index is 3.94. The van der Waals surface area contributed by atoms with Crippen LogP contribution in [-0.2, 0) is 9.59 Å². The molecule has 0 fully saturated rings. The van der Waals surface area contributed by atoms with E-state index < -0.39 is 18.0 Å². The third-order valence-corrected chi connectivity index (χ3v) is 1.87. The first-order chi connectivity index (χ1) is 7.86. The molecule has 4 N–H and O–H groups in total. The van der Waals surface area contributed by atoms with Gasteiger partial charge in [0.1, 0.15) is 6.04 Å². The van der Waals surface area contributed by atoms with Gasteiger partial charge in [-0.05, 0) is 20.3 Å². The maximum absolute atomic E-state index is 11.2. The van der Waals surface area contributed by atoms with E-state index >= 15 is 0 Å². The molecular formula is C10H19N3O4. The molecule has 0 aromatic carbocycles. The van der Waals surface area contributed by atoms with E-state index in [0.29, 0.717) is 0 Å². The lowest BCUT2D eigenvalue weighted by Gasteiger charge is -2.13. The number of urea groups is 1. The van der Waals surface area contributed by atoms with E-state index in [-0.39, 0.29) is 24.9 Å². The van der Waals surface area contributed by atoms with Crippen LogP contribution in [0.25, 0.3) is 0 Å². The van der Waals surface area contributed by atoms with Crippen LogP contribution in [0.15, 0.2) is 0 Å². The van der Waals surface area contributed by atoms with E-state index in [9.17, 15) is 14.4 Å². The van der Waals surface area contributed by atoms with E-state index in [1.165, 1.54) is 0 Å². The van der Waals surface area contributed by atoms with Crippen molar-refractivity contribution >= 4 is 17.9 Å². The molecule has 0 radical (unpaired) electrons. The zero-order chi connectivity index (χ0) is 13.4. The van der Waals surface area contributed by atoms with Crippen molar-refractivity contribution in [3.8, 4) is 0 Å². The van der Waals surface area contributed by atoms with Crippen molar-refractivity contribution in [3.05, 3.63) is 0 Å². The van der Waals surface area contributed by atoms with Crippen LogP contribution in [0.3, 0.4) is 0 Å². The summed E-state index contributed by atoms with van der Waals surface area (Å²) in [5.41, 5.74) is 0. The SMILES string of the molecule is CCC(NC(=O)NCC(=O)NC(C)C)C(=O)O. The number of amides is 3. The number of carbonyl (C=O) groups excluding carboxylic acids is 2. The molecule has 0 bridgehead atoms. The summed E-state index contributed by atoms with van der Waals surface area (Å²) >= 11 is 0. The van der Waals surface area contributed by atoms with Crippen molar-refractivity contribution in [2.75, 3.05) is 6.54 Å². The van der Waals surface area contributed by atoms with Crippen molar-refractivity contribution in [2.24, 2.45) is 0 Å². The highest BCUT2D eigenvalue weighted by Crippen LogP contribution is 1.89. The molecule has 17 heavy (non-hydrogen) atoms. The summed E-state index contributed by atoms with van der Waals surface area (Å²) in [6.07, 6.45) is 0.279. The Hall–Kier alpha value is -1.79. The van der Waals surface area contributed by atoms with Gasteiger partial charge in [-0.25, -0.2) is 9.59 Å². The molecule has 7 nitrogen and oxygen atoms in total. The summed E-state index contributed by atoms with van der Waals surface area (Å²) in [7, 11) is 0. The van der Waals surface area contributed by atoms with Crippen LogP contribution in [-0.4, -0.2) is 41.6 Å². The number of nitrogens with one attached hydrogen (secondary N) is 3. The Morgan fingerprint density at radius 1 is 1.18 bits per heavy atom. The lowest BCUT2D eigenvalue weighted by molar-refractivity contribution is -0.139. The molecule has 1 atom stereocenters. The Labute approximate surface area is 100.0 Å². The first-order valence-electron chi connectivity index (χ1n) is 5.43. The molecule has 0 aromatic rings. The second-order valence-electron chi connectivity index (χ2n) is 3.85. The molecule has 0 rings (SSSR count). The maximum atomic E-state index is 11.2. The Morgan fingerprint density at radius 3 is 2.18 bits per heavy atom. The Bertz CT molecular complexity index is 291. The number of rotatable bonds is 6. The Kier molecular flexibility index (Phi) is 6.69. The minimum Gasteiger partial charge on any atom is -0.480 e. The first kappa shape index (κ1) is 15.2. The summed E-state index contributed by atoms with van der Waals surface area (Å²) in [5, 5.41) is 15.8. The molecule has 3 amide bonds. The van der Waals surface area contributed by atoms with Gasteiger partial charge in [-0.15, -0.1) is 0 Å². The number of hydrogen-bond acceptors (Lipinski definition) is 3. The van der Waals surface area contributed by atoms with Gasteiger partial charge in [0.05, 0.1) is 6.54 Å². The minimum absolute atomic E-state index is 0.00484. The van der Waals surface area contributed by atoms with E-state index in [4.69, 9.17) is 5.11 Å². The van der Waals surface area contributed by atoms with Crippen LogP contribution >= 0.6 is 0 Å². The normalized spacial score (nSPS) is 11.8. The molecule has 7 heteroatoms. The van der Waals surface area contributed by atoms with Gasteiger partial charge in [0.25, 0.3) is 0 Å². The van der Waals surface area contributed by atoms with Gasteiger partial charge in [-0.2, -0.15) is 0 Å². The monoisotopic (exact) mass is 245 g/mol. The average Bonchev–Trinajstić information content (AvgIpc) is 2.21. The molecule has 98 valence electrons. The van der Waals surface area contributed by atoms with Gasteiger partial charge >= 0.3 is 12.0 Å². The van der Waals surface area contributed by atoms with Gasteiger partial charge in [-0.3, -0.25) is 4.79 Å². The predicted octanol–water partition coefficient (Wildman–Crippen LogP) is -0.327. The molecule has 0 heterocycles. The quantitative estimate of drug-likeness (QED) is 0.514. The Morgan fingerprint density at radius 2 is 1.76 bits per heavy atom. The van der Waals surface area contributed by atoms with Gasteiger partial charge < -0.3 is 21.1 Å². The fraction of sp³-hybridized carbons (Fsp3) is 0.700. The van der Waals surface area contributed by atoms with Crippen LogP contribution in [0, 0.1) is 0 Å². The first-order valence-corrected chi connectivity index (χ1v) is 5.43. The lowest BCUT2D eigenvalue weighted by Crippen LogP contribution is -2.48. The van der Waals surface area contributed by atoms with E-state index in [1.807, 2.05) is 0 Å². The van der Waals surface area contributed by atoms with Crippen LogP contribution in [0.2, 0.25) is 0 Å². The topological polar surface area (TPSA) is 108 Å². The molecule has 0 aliphatic carbocycles. The third kappa shape index (κ3) is 7.15. The van der Waals surface area contributed by atoms with E-state index in [2.05, 4.69) is 16.0 Å². The zero-order valence-electron chi connectivity index (χ0n) is 10.2. The van der Waals surface area contributed by atoms with E-state index in [0.717, 1.165) is 0 Å². The van der Waals surface area contributed by atoms with Gasteiger partial charge in [0, 0.05) is 6.04 Å². The van der Waals surface area contributed by atoms with Crippen molar-refractivity contribution in [3.63, 3.8) is 0 Å². The van der Waals surface area contributed by atoms with Crippen molar-refractivity contribution < 1.29 is 19.5 Å². The summed E-state index contributed by atoms with van der Waals surface area (Å²) in [4.78, 5) is 33.0. The fourth-order valence-corrected chi connectivity index (χ4v) is 1.08. The van der Waals surface area contributed by atoms with Crippen LogP contribution in [0.4, 0.5) is 4.79 Å². The largest absolute Gasteiger partial charge is 0.480 e. The number of carboxylic acid groups (broad SMARTS) is 1. The molecular weight excluding hydrogens is 226 g/mol. The van der Waals surface area contributed by atoms with Crippen LogP contribution in [0.1, 0.15) is 27.2 Å². The van der Waals surface area contributed by atoms with Crippen LogP contribution < -0.4 is 16.0 Å². The highest BCUT2D eigenvalue weighted by molar-refractivity contribution is 5.86. The molecule has 0 aliphatic heterocycles. The predicted molar refractivity (Wildman–Crippen MR) is 61.5 cm³/mol. The summed E-state index contributed by atoms with van der Waals surface area (Å²) in [5.74, 6) is -1.42. The van der Waals surface area contributed by atoms with Gasteiger partial charge in [-0.1, -0.05) is 6.92 Å². The second-order valence-corrected chi connectivity index (χ2v) is 3.85. The third-order valence-electron chi connectivity index (χ3n) is 1.87. The highest BCUT2D eigenvalue weighted by atomic mass is 16.4. The van der Waals surface area contributed by atoms with Crippen molar-refractivity contribution in [1.82, 2.24) is 16.0 Å². The fourth-order valence-electron chi connectivity index (χ4n) is 1.08. The zero-order valence-corrected chi connectivity index (χ0v) is 10.2. The number of carboxylic acids is 1. The van der Waals surface area contributed by atoms with E-state index in [1.54, 1.807) is 20.8 Å². The highest BCUT2D eigenvalue weighted by Gasteiger charge is 2.17. The standard InChI is InChI=1S/C10H19N3O4/c1-4-7(9(15)16)13-10(17)11-5-8(14)12-6(2)3/h6-7H,4-5H2,1-3H3,(H,12,14)(H,15,16)(H2,11,13,17). The summed E-state index contributed by atoms with van der Waals surface area (Å²) < 4.78 is 0. The molecule has 1 unspecified atom stereocenters. The lowest BCUT2D eigenvalue weighted by atomic mass is 10.2. The molecule has 0 aliphatic rings. The average molecular weight is 245 g/mol. The molecule has 0 spiro atoms. The van der Waals surface area contributed by atoms with Gasteiger partial charge in [0.15, 0.2) is 0 Å². The second kappa shape index (κ2) is 7.48. The smallest absolute Gasteiger partial charge is 0.326 e. The molecule has 0 aromatic heterocycles. The number of carbonyl (C=O) groups is 3. The summed E-state index contributed by atoms with van der Waals surface area (Å²) in [6.45, 7) is 5.07. The number of aliphatic carboxylic acids is 1.